The molecule has 2 unspecified atom stereocenters. The van der Waals surface area contributed by atoms with E-state index in [1.165, 1.54) is 45.8 Å². The summed E-state index contributed by atoms with van der Waals surface area (Å²) in [6.07, 6.45) is 8.17. The predicted molar refractivity (Wildman–Crippen MR) is 78.0 cm³/mol. The number of piperidine rings is 1. The highest BCUT2D eigenvalue weighted by Gasteiger charge is 2.29. The van der Waals surface area contributed by atoms with Crippen LogP contribution in [-0.2, 0) is 9.53 Å². The molecule has 0 aromatic heterocycles. The van der Waals surface area contributed by atoms with Gasteiger partial charge in [-0.05, 0) is 52.1 Å². The van der Waals surface area contributed by atoms with Crippen molar-refractivity contribution in [2.24, 2.45) is 5.73 Å². The first-order valence-corrected chi connectivity index (χ1v) is 7.62. The molecule has 0 aromatic rings. The van der Waals surface area contributed by atoms with Gasteiger partial charge in [0.15, 0.2) is 0 Å². The summed E-state index contributed by atoms with van der Waals surface area (Å²) in [4.78, 5) is 14.1. The molecule has 4 nitrogen and oxygen atoms in total. The molecule has 1 heterocycles. The summed E-state index contributed by atoms with van der Waals surface area (Å²) in [7, 11) is 1.40. The van der Waals surface area contributed by atoms with Crippen LogP contribution in [0.2, 0.25) is 0 Å². The molecule has 0 aromatic carbocycles. The van der Waals surface area contributed by atoms with Gasteiger partial charge in [0.1, 0.15) is 5.54 Å². The maximum absolute atomic E-state index is 11.5. The third-order valence-electron chi connectivity index (χ3n) is 4.16. The molecule has 112 valence electrons. The monoisotopic (exact) mass is 270 g/mol. The number of methoxy groups -OCH3 is 1. The van der Waals surface area contributed by atoms with Gasteiger partial charge in [-0.25, -0.2) is 0 Å². The van der Waals surface area contributed by atoms with Gasteiger partial charge in [-0.15, -0.1) is 0 Å². The van der Waals surface area contributed by atoms with Crippen molar-refractivity contribution in [3.63, 3.8) is 0 Å². The lowest BCUT2D eigenvalue weighted by Crippen LogP contribution is -2.47. The fourth-order valence-corrected chi connectivity index (χ4v) is 3.00. The van der Waals surface area contributed by atoms with Gasteiger partial charge in [0.05, 0.1) is 7.11 Å². The normalized spacial score (nSPS) is 23.9. The standard InChI is InChI=1S/C15H30N2O2/c1-4-8-13-9-5-6-11-17(13)12-7-10-15(2,16)14(18)19-3/h13H,4-12,16H2,1-3H3. The number of ether oxygens (including phenoxy) is 1. The van der Waals surface area contributed by atoms with Crippen molar-refractivity contribution in [1.29, 1.82) is 0 Å². The lowest BCUT2D eigenvalue weighted by Gasteiger charge is -2.36. The Hall–Kier alpha value is -0.610. The van der Waals surface area contributed by atoms with Gasteiger partial charge in [-0.1, -0.05) is 19.8 Å². The van der Waals surface area contributed by atoms with Crippen LogP contribution >= 0.6 is 0 Å². The zero-order valence-electron chi connectivity index (χ0n) is 12.8. The number of rotatable bonds is 7. The second-order valence-electron chi connectivity index (χ2n) is 5.99. The van der Waals surface area contributed by atoms with Gasteiger partial charge in [0.2, 0.25) is 0 Å². The van der Waals surface area contributed by atoms with Gasteiger partial charge in [0.25, 0.3) is 0 Å². The minimum Gasteiger partial charge on any atom is -0.468 e. The highest BCUT2D eigenvalue weighted by Crippen LogP contribution is 2.22. The van der Waals surface area contributed by atoms with Gasteiger partial charge in [-0.2, -0.15) is 0 Å². The van der Waals surface area contributed by atoms with E-state index in [0.29, 0.717) is 6.42 Å². The van der Waals surface area contributed by atoms with Crippen LogP contribution in [0.5, 0.6) is 0 Å². The van der Waals surface area contributed by atoms with E-state index in [2.05, 4.69) is 11.8 Å². The Balaban J connectivity index is 2.36. The molecule has 4 heteroatoms. The van der Waals surface area contributed by atoms with Gasteiger partial charge >= 0.3 is 5.97 Å². The van der Waals surface area contributed by atoms with E-state index in [-0.39, 0.29) is 5.97 Å². The average molecular weight is 270 g/mol. The molecule has 0 aliphatic carbocycles. The Labute approximate surface area is 117 Å². The summed E-state index contributed by atoms with van der Waals surface area (Å²) < 4.78 is 4.74. The summed E-state index contributed by atoms with van der Waals surface area (Å²) >= 11 is 0. The number of nitrogens with two attached hydrogens (primary N) is 1. The number of hydrogen-bond donors (Lipinski definition) is 1. The third-order valence-corrected chi connectivity index (χ3v) is 4.16. The van der Waals surface area contributed by atoms with Crippen LogP contribution in [0.1, 0.15) is 58.8 Å². The Morgan fingerprint density at radius 2 is 2.21 bits per heavy atom. The molecule has 2 N–H and O–H groups in total. The number of likely N-dealkylation sites (tertiary alicyclic amines) is 1. The second-order valence-corrected chi connectivity index (χ2v) is 5.99. The van der Waals surface area contributed by atoms with E-state index in [4.69, 9.17) is 10.5 Å². The summed E-state index contributed by atoms with van der Waals surface area (Å²) in [5.41, 5.74) is 5.14. The maximum Gasteiger partial charge on any atom is 0.325 e. The van der Waals surface area contributed by atoms with Crippen molar-refractivity contribution in [2.75, 3.05) is 20.2 Å². The molecule has 0 spiro atoms. The van der Waals surface area contributed by atoms with Crippen LogP contribution in [0.3, 0.4) is 0 Å². The quantitative estimate of drug-likeness (QED) is 0.721. The zero-order valence-corrected chi connectivity index (χ0v) is 12.8. The first kappa shape index (κ1) is 16.4. The maximum atomic E-state index is 11.5. The first-order valence-electron chi connectivity index (χ1n) is 7.62. The molecule has 0 saturated carbocycles. The minimum atomic E-state index is -0.842. The third kappa shape index (κ3) is 5.11. The number of carbonyl (C=O) groups excluding carboxylic acids is 1. The molecule has 0 amide bonds. The lowest BCUT2D eigenvalue weighted by molar-refractivity contribution is -0.146. The minimum absolute atomic E-state index is 0.309. The van der Waals surface area contributed by atoms with Gasteiger partial charge < -0.3 is 15.4 Å². The Morgan fingerprint density at radius 1 is 1.47 bits per heavy atom. The van der Waals surface area contributed by atoms with Crippen LogP contribution in [0.15, 0.2) is 0 Å². The number of esters is 1. The fraction of sp³-hybridized carbons (Fsp3) is 0.933. The summed E-state index contributed by atoms with van der Waals surface area (Å²) in [5.74, 6) is -0.309. The largest absolute Gasteiger partial charge is 0.468 e. The summed E-state index contributed by atoms with van der Waals surface area (Å²) in [5, 5.41) is 0. The van der Waals surface area contributed by atoms with Crippen molar-refractivity contribution in [3.8, 4) is 0 Å². The van der Waals surface area contributed by atoms with Crippen LogP contribution in [0.4, 0.5) is 0 Å². The lowest BCUT2D eigenvalue weighted by atomic mass is 9.95. The highest BCUT2D eigenvalue weighted by molar-refractivity contribution is 5.79. The fourth-order valence-electron chi connectivity index (χ4n) is 3.00. The zero-order chi connectivity index (χ0) is 14.3. The molecule has 1 saturated heterocycles. The van der Waals surface area contributed by atoms with Gasteiger partial charge in [0, 0.05) is 6.04 Å². The van der Waals surface area contributed by atoms with Gasteiger partial charge in [-0.3, -0.25) is 4.79 Å². The molecule has 0 radical (unpaired) electrons. The summed E-state index contributed by atoms with van der Waals surface area (Å²) in [6, 6.07) is 0.737. The van der Waals surface area contributed by atoms with Crippen LogP contribution in [-0.4, -0.2) is 42.6 Å². The Morgan fingerprint density at radius 3 is 2.84 bits per heavy atom. The Kier molecular flexibility index (Phi) is 6.80. The average Bonchev–Trinajstić information content (AvgIpc) is 2.40. The van der Waals surface area contributed by atoms with Crippen LogP contribution in [0, 0.1) is 0 Å². The van der Waals surface area contributed by atoms with Crippen molar-refractivity contribution in [3.05, 3.63) is 0 Å². The number of carbonyl (C=O) groups is 1. The molecular weight excluding hydrogens is 240 g/mol. The SMILES string of the molecule is CCCC1CCCCN1CCCC(C)(N)C(=O)OC. The second kappa shape index (κ2) is 7.85. The number of nitrogens with zero attached hydrogens (tertiary/aromatic N) is 1. The van der Waals surface area contributed by atoms with E-state index < -0.39 is 5.54 Å². The van der Waals surface area contributed by atoms with E-state index in [1.807, 2.05) is 0 Å². The van der Waals surface area contributed by atoms with Crippen LogP contribution < -0.4 is 5.73 Å². The first-order chi connectivity index (χ1) is 9.01. The van der Waals surface area contributed by atoms with Crippen LogP contribution in [0.25, 0.3) is 0 Å². The molecule has 2 atom stereocenters. The predicted octanol–water partition coefficient (Wildman–Crippen LogP) is 2.31. The molecule has 1 aliphatic heterocycles. The van der Waals surface area contributed by atoms with Crippen molar-refractivity contribution < 1.29 is 9.53 Å². The molecule has 1 aliphatic rings. The van der Waals surface area contributed by atoms with E-state index >= 15 is 0 Å². The smallest absolute Gasteiger partial charge is 0.325 e. The van der Waals surface area contributed by atoms with E-state index in [9.17, 15) is 4.79 Å². The molecule has 0 bridgehead atoms. The summed E-state index contributed by atoms with van der Waals surface area (Å²) in [6.45, 7) is 6.26. The molecule has 1 rings (SSSR count). The van der Waals surface area contributed by atoms with Crippen molar-refractivity contribution >= 4 is 5.97 Å². The Bertz CT molecular complexity index is 277. The molecule has 1 fully saturated rings. The molecular formula is C15H30N2O2. The van der Waals surface area contributed by atoms with Crippen molar-refractivity contribution in [2.45, 2.75) is 70.4 Å². The van der Waals surface area contributed by atoms with Crippen molar-refractivity contribution in [1.82, 2.24) is 4.90 Å². The molecule has 19 heavy (non-hydrogen) atoms. The number of hydrogen-bond acceptors (Lipinski definition) is 4. The highest BCUT2D eigenvalue weighted by atomic mass is 16.5. The van der Waals surface area contributed by atoms with E-state index in [1.54, 1.807) is 6.92 Å². The topological polar surface area (TPSA) is 55.6 Å². The van der Waals surface area contributed by atoms with E-state index in [0.717, 1.165) is 19.0 Å².